The zero-order chi connectivity index (χ0) is 27.4. The molecule has 0 bridgehead atoms. The van der Waals surface area contributed by atoms with Crippen LogP contribution in [0.4, 0.5) is 17.6 Å². The van der Waals surface area contributed by atoms with E-state index in [-0.39, 0.29) is 44.0 Å². The summed E-state index contributed by atoms with van der Waals surface area (Å²) in [6.45, 7) is -0.347. The number of likely N-dealkylation sites (tertiary alicyclic amines) is 1. The van der Waals surface area contributed by atoms with Crippen LogP contribution in [0, 0.1) is 0 Å². The summed E-state index contributed by atoms with van der Waals surface area (Å²) in [6, 6.07) is 6.24. The van der Waals surface area contributed by atoms with Gasteiger partial charge < -0.3 is 25.2 Å². The Kier molecular flexibility index (Phi) is 7.80. The van der Waals surface area contributed by atoms with Gasteiger partial charge >= 0.3 is 6.36 Å². The summed E-state index contributed by atoms with van der Waals surface area (Å²) in [5.74, 6) is -1.83. The summed E-state index contributed by atoms with van der Waals surface area (Å²) in [5.41, 5.74) is 6.74. The molecule has 1 saturated heterocycles. The van der Waals surface area contributed by atoms with E-state index in [0.29, 0.717) is 16.8 Å². The molecule has 1 fully saturated rings. The normalized spacial score (nSPS) is 17.8. The van der Waals surface area contributed by atoms with Gasteiger partial charge in [0.05, 0.1) is 37.7 Å². The van der Waals surface area contributed by atoms with Crippen molar-refractivity contribution in [1.29, 1.82) is 0 Å². The lowest BCUT2D eigenvalue weighted by Gasteiger charge is -2.34. The summed E-state index contributed by atoms with van der Waals surface area (Å²) >= 11 is 0. The molecule has 0 saturated carbocycles. The number of halogens is 4. The Morgan fingerprint density at radius 2 is 1.89 bits per heavy atom. The Balaban J connectivity index is 1.37. The fourth-order valence-electron chi connectivity index (χ4n) is 3.90. The molecule has 1 aliphatic heterocycles. The van der Waals surface area contributed by atoms with Crippen LogP contribution < -0.4 is 15.2 Å². The number of carbonyl (C=O) groups is 2. The van der Waals surface area contributed by atoms with Crippen molar-refractivity contribution in [1.82, 2.24) is 19.7 Å². The second kappa shape index (κ2) is 11.0. The maximum Gasteiger partial charge on any atom is 0.573 e. The third kappa shape index (κ3) is 6.56. The van der Waals surface area contributed by atoms with Gasteiger partial charge in [-0.25, -0.2) is 14.1 Å². The van der Waals surface area contributed by atoms with Crippen molar-refractivity contribution in [2.45, 2.75) is 38.1 Å². The van der Waals surface area contributed by atoms with E-state index in [1.54, 1.807) is 0 Å². The van der Waals surface area contributed by atoms with Crippen LogP contribution in [0.2, 0.25) is 0 Å². The number of benzene rings is 1. The largest absolute Gasteiger partial charge is 0.573 e. The molecule has 14 heteroatoms. The number of hydrogen-bond acceptors (Lipinski definition) is 7. The molecule has 1 aliphatic rings. The van der Waals surface area contributed by atoms with Crippen LogP contribution in [-0.2, 0) is 17.8 Å². The number of carbonyl (C=O) groups excluding carboxylic acids is 2. The number of amides is 2. The predicted molar refractivity (Wildman–Crippen MR) is 123 cm³/mol. The molecule has 38 heavy (non-hydrogen) atoms. The van der Waals surface area contributed by atoms with Crippen LogP contribution in [0.15, 0.2) is 48.9 Å². The number of aromatic nitrogens is 3. The van der Waals surface area contributed by atoms with Crippen molar-refractivity contribution in [3.05, 3.63) is 65.6 Å². The molecule has 2 atom stereocenters. The number of alkyl halides is 4. The number of aliphatic hydroxyl groups is 1. The zero-order valence-corrected chi connectivity index (χ0v) is 19.8. The van der Waals surface area contributed by atoms with Crippen LogP contribution in [0.25, 0.3) is 5.69 Å². The van der Waals surface area contributed by atoms with Crippen LogP contribution >= 0.6 is 0 Å². The minimum absolute atomic E-state index is 0.0906. The minimum Gasteiger partial charge on any atom is -0.471 e. The highest BCUT2D eigenvalue weighted by Crippen LogP contribution is 2.26. The van der Waals surface area contributed by atoms with Gasteiger partial charge in [0.2, 0.25) is 11.8 Å². The van der Waals surface area contributed by atoms with E-state index in [1.807, 2.05) is 0 Å². The van der Waals surface area contributed by atoms with Gasteiger partial charge in [-0.2, -0.15) is 5.10 Å². The van der Waals surface area contributed by atoms with E-state index >= 15 is 0 Å². The molecule has 0 spiro atoms. The van der Waals surface area contributed by atoms with Crippen molar-refractivity contribution >= 4 is 11.8 Å². The lowest BCUT2D eigenvalue weighted by molar-refractivity contribution is -0.274. The molecule has 0 unspecified atom stereocenters. The summed E-state index contributed by atoms with van der Waals surface area (Å²) < 4.78 is 62.7. The first-order chi connectivity index (χ1) is 18.0. The smallest absolute Gasteiger partial charge is 0.471 e. The first-order valence-electron chi connectivity index (χ1n) is 11.4. The average molecular weight is 537 g/mol. The zero-order valence-electron chi connectivity index (χ0n) is 19.8. The number of nitrogens with zero attached hydrogens (tertiary/aromatic N) is 4. The van der Waals surface area contributed by atoms with Crippen molar-refractivity contribution < 1.29 is 41.7 Å². The number of ether oxygens (including phenoxy) is 2. The Bertz CT molecular complexity index is 1300. The van der Waals surface area contributed by atoms with Crippen LogP contribution in [0.5, 0.6) is 11.6 Å². The lowest BCUT2D eigenvalue weighted by Crippen LogP contribution is -2.49. The highest BCUT2D eigenvalue weighted by Gasteiger charge is 2.34. The molecule has 4 rings (SSSR count). The topological polar surface area (TPSA) is 133 Å². The van der Waals surface area contributed by atoms with E-state index < -0.39 is 36.2 Å². The van der Waals surface area contributed by atoms with Crippen LogP contribution in [0.1, 0.15) is 27.9 Å². The first-order valence-corrected chi connectivity index (χ1v) is 11.4. The van der Waals surface area contributed by atoms with Gasteiger partial charge in [0.15, 0.2) is 6.17 Å². The van der Waals surface area contributed by atoms with E-state index in [1.165, 1.54) is 46.4 Å². The van der Waals surface area contributed by atoms with Crippen molar-refractivity contribution in [3.63, 3.8) is 0 Å². The number of rotatable bonds is 8. The standard InChI is InChI=1S/C24H23F4N5O5/c25-19-12-32(21(35)7-14-1-3-17(4-2-14)38-24(26,27)28)6-5-20(19)37-23-18(22(29)36)8-16(10-30-23)33-11-15(13-34)9-31-33/h1-4,8-11,19-20,34H,5-7,12-13H2,(H2,29,36)/t19-,20+/m0/s1. The average Bonchev–Trinajstić information content (AvgIpc) is 3.35. The molecule has 2 aromatic heterocycles. The summed E-state index contributed by atoms with van der Waals surface area (Å²) in [4.78, 5) is 30.1. The molecular formula is C24H23F4N5O5. The Labute approximate surface area is 213 Å². The minimum atomic E-state index is -4.82. The first kappa shape index (κ1) is 26.9. The predicted octanol–water partition coefficient (Wildman–Crippen LogP) is 2.32. The lowest BCUT2D eigenvalue weighted by atomic mass is 10.0. The molecule has 2 amide bonds. The third-order valence-electron chi connectivity index (χ3n) is 5.80. The van der Waals surface area contributed by atoms with Gasteiger partial charge in [-0.15, -0.1) is 13.2 Å². The summed E-state index contributed by atoms with van der Waals surface area (Å²) in [7, 11) is 0. The molecule has 3 N–H and O–H groups in total. The number of pyridine rings is 1. The third-order valence-corrected chi connectivity index (χ3v) is 5.80. The molecule has 1 aromatic carbocycles. The second-order valence-electron chi connectivity index (χ2n) is 8.53. The molecule has 3 heterocycles. The number of nitrogens with two attached hydrogens (primary N) is 1. The molecule has 0 radical (unpaired) electrons. The maximum absolute atomic E-state index is 15.0. The Morgan fingerprint density at radius 3 is 2.50 bits per heavy atom. The monoisotopic (exact) mass is 537 g/mol. The van der Waals surface area contributed by atoms with Gasteiger partial charge in [-0.05, 0) is 23.8 Å². The highest BCUT2D eigenvalue weighted by molar-refractivity contribution is 5.95. The van der Waals surface area contributed by atoms with E-state index in [4.69, 9.17) is 10.5 Å². The van der Waals surface area contributed by atoms with Crippen LogP contribution in [0.3, 0.4) is 0 Å². The Morgan fingerprint density at radius 1 is 1.16 bits per heavy atom. The summed E-state index contributed by atoms with van der Waals surface area (Å²) in [5, 5.41) is 13.3. The second-order valence-corrected chi connectivity index (χ2v) is 8.53. The van der Waals surface area contributed by atoms with Gasteiger partial charge in [0.25, 0.3) is 5.91 Å². The molecule has 0 aliphatic carbocycles. The van der Waals surface area contributed by atoms with Crippen molar-refractivity contribution in [2.75, 3.05) is 13.1 Å². The molecule has 202 valence electrons. The number of piperidine rings is 1. The Hall–Kier alpha value is -4.20. The van der Waals surface area contributed by atoms with Crippen LogP contribution in [-0.4, -0.2) is 68.3 Å². The van der Waals surface area contributed by atoms with Gasteiger partial charge in [0, 0.05) is 24.7 Å². The SMILES string of the molecule is NC(=O)c1cc(-n2cc(CO)cn2)cnc1O[C@@H]1CCN(C(=O)Cc2ccc(OC(F)(F)F)cc2)C[C@@H]1F. The summed E-state index contributed by atoms with van der Waals surface area (Å²) in [6.07, 6.45) is -3.12. The fraction of sp³-hybridized carbons (Fsp3) is 0.333. The number of aliphatic hydroxyl groups excluding tert-OH is 1. The molecule has 3 aromatic rings. The van der Waals surface area contributed by atoms with E-state index in [9.17, 15) is 32.3 Å². The van der Waals surface area contributed by atoms with E-state index in [0.717, 1.165) is 12.1 Å². The maximum atomic E-state index is 15.0. The highest BCUT2D eigenvalue weighted by atomic mass is 19.4. The van der Waals surface area contributed by atoms with Gasteiger partial charge in [-0.3, -0.25) is 9.59 Å². The molecular weight excluding hydrogens is 514 g/mol. The van der Waals surface area contributed by atoms with Gasteiger partial charge in [-0.1, -0.05) is 12.1 Å². The quantitative estimate of drug-likeness (QED) is 0.422. The van der Waals surface area contributed by atoms with Gasteiger partial charge in [0.1, 0.15) is 17.4 Å². The van der Waals surface area contributed by atoms with Crippen molar-refractivity contribution in [3.8, 4) is 17.3 Å². The fourth-order valence-corrected chi connectivity index (χ4v) is 3.90. The van der Waals surface area contributed by atoms with E-state index in [2.05, 4.69) is 14.8 Å². The number of hydrogen-bond donors (Lipinski definition) is 2. The molecule has 10 nitrogen and oxygen atoms in total. The number of primary amides is 1. The van der Waals surface area contributed by atoms with Crippen molar-refractivity contribution in [2.24, 2.45) is 5.73 Å².